The highest BCUT2D eigenvalue weighted by Crippen LogP contribution is 2.40. The van der Waals surface area contributed by atoms with Crippen LogP contribution in [0.3, 0.4) is 0 Å². The normalized spacial score (nSPS) is 27.8. The van der Waals surface area contributed by atoms with Crippen LogP contribution in [0, 0.1) is 0 Å². The van der Waals surface area contributed by atoms with Crippen molar-refractivity contribution < 1.29 is 4.79 Å². The van der Waals surface area contributed by atoms with Gasteiger partial charge in [0.05, 0.1) is 17.8 Å². The topological polar surface area (TPSA) is 44.4 Å². The molecule has 3 rings (SSSR count). The summed E-state index contributed by atoms with van der Waals surface area (Å²) in [7, 11) is 0. The fourth-order valence-electron chi connectivity index (χ4n) is 2.52. The molecule has 0 bridgehead atoms. The Morgan fingerprint density at radius 3 is 3.06 bits per heavy atom. The number of anilines is 2. The first kappa shape index (κ1) is 11.0. The Labute approximate surface area is 108 Å². The minimum absolute atomic E-state index is 0.0560. The van der Waals surface area contributed by atoms with Crippen molar-refractivity contribution in [2.75, 3.05) is 29.9 Å². The Hall–Kier alpha value is -1.07. The van der Waals surface area contributed by atoms with Gasteiger partial charge < -0.3 is 15.5 Å². The smallest absolute Gasteiger partial charge is 0.227 e. The van der Waals surface area contributed by atoms with Crippen LogP contribution in [0.25, 0.3) is 0 Å². The van der Waals surface area contributed by atoms with Gasteiger partial charge in [0.25, 0.3) is 0 Å². The van der Waals surface area contributed by atoms with E-state index in [0.29, 0.717) is 6.42 Å². The number of para-hydroxylation sites is 2. The molecule has 5 heteroatoms. The number of fused-ring (bicyclic) bond motifs is 3. The number of hydrogen-bond acceptors (Lipinski definition) is 3. The van der Waals surface area contributed by atoms with E-state index in [2.05, 4.69) is 37.5 Å². The molecule has 0 spiro atoms. The summed E-state index contributed by atoms with van der Waals surface area (Å²) in [5.74, 6) is 0.0560. The number of nitrogens with zero attached hydrogens (tertiary/aromatic N) is 1. The molecule has 2 heterocycles. The summed E-state index contributed by atoms with van der Waals surface area (Å²) in [6.45, 7) is 2.61. The fraction of sp³-hybridized carbons (Fsp3) is 0.417. The summed E-state index contributed by atoms with van der Waals surface area (Å²) in [4.78, 5) is 14.2. The van der Waals surface area contributed by atoms with Crippen molar-refractivity contribution in [1.29, 1.82) is 0 Å². The molecule has 1 unspecified atom stereocenters. The molecule has 1 aromatic carbocycles. The zero-order valence-corrected chi connectivity index (χ0v) is 11.0. The van der Waals surface area contributed by atoms with Gasteiger partial charge in [0, 0.05) is 19.6 Å². The van der Waals surface area contributed by atoms with Crippen LogP contribution in [0.1, 0.15) is 6.42 Å². The summed E-state index contributed by atoms with van der Waals surface area (Å²) in [5, 5.41) is 6.30. The maximum Gasteiger partial charge on any atom is 0.227 e. The average molecular weight is 296 g/mol. The van der Waals surface area contributed by atoms with E-state index in [4.69, 9.17) is 0 Å². The summed E-state index contributed by atoms with van der Waals surface area (Å²) in [6, 6.07) is 7.96. The van der Waals surface area contributed by atoms with Gasteiger partial charge in [-0.1, -0.05) is 28.1 Å². The molecule has 1 atom stereocenters. The molecule has 2 aliphatic rings. The van der Waals surface area contributed by atoms with Gasteiger partial charge >= 0.3 is 0 Å². The highest BCUT2D eigenvalue weighted by atomic mass is 79.9. The summed E-state index contributed by atoms with van der Waals surface area (Å²) in [6.07, 6.45) is 0.453. The number of piperazine rings is 1. The second kappa shape index (κ2) is 3.99. The number of benzene rings is 1. The van der Waals surface area contributed by atoms with E-state index in [1.54, 1.807) is 0 Å². The van der Waals surface area contributed by atoms with Gasteiger partial charge in [0.15, 0.2) is 0 Å². The number of alkyl halides is 1. The molecule has 1 fully saturated rings. The van der Waals surface area contributed by atoms with E-state index in [1.807, 2.05) is 18.2 Å². The summed E-state index contributed by atoms with van der Waals surface area (Å²) < 4.78 is -0.304. The van der Waals surface area contributed by atoms with E-state index in [-0.39, 0.29) is 10.4 Å². The average Bonchev–Trinajstić information content (AvgIpc) is 2.41. The molecule has 2 aliphatic heterocycles. The van der Waals surface area contributed by atoms with Gasteiger partial charge in [-0.3, -0.25) is 4.79 Å². The Balaban J connectivity index is 2.11. The number of rotatable bonds is 0. The molecular weight excluding hydrogens is 282 g/mol. The lowest BCUT2D eigenvalue weighted by atomic mass is 10.1. The van der Waals surface area contributed by atoms with Crippen LogP contribution in [0.5, 0.6) is 0 Å². The number of halogens is 1. The van der Waals surface area contributed by atoms with Crippen molar-refractivity contribution in [3.05, 3.63) is 24.3 Å². The Morgan fingerprint density at radius 1 is 1.35 bits per heavy atom. The number of carbonyl (C=O) groups excluding carboxylic acids is 1. The molecule has 1 amide bonds. The fourth-order valence-corrected chi connectivity index (χ4v) is 3.34. The van der Waals surface area contributed by atoms with E-state index in [9.17, 15) is 4.79 Å². The first-order valence-electron chi connectivity index (χ1n) is 5.75. The number of hydrogen-bond donors (Lipinski definition) is 2. The van der Waals surface area contributed by atoms with E-state index >= 15 is 0 Å². The van der Waals surface area contributed by atoms with Crippen molar-refractivity contribution in [2.24, 2.45) is 0 Å². The maximum absolute atomic E-state index is 11.9. The molecule has 2 N–H and O–H groups in total. The first-order valence-corrected chi connectivity index (χ1v) is 6.54. The summed E-state index contributed by atoms with van der Waals surface area (Å²) in [5.41, 5.74) is 2.00. The van der Waals surface area contributed by atoms with Gasteiger partial charge in [-0.2, -0.15) is 0 Å². The van der Waals surface area contributed by atoms with Gasteiger partial charge in [0.2, 0.25) is 5.91 Å². The molecule has 1 aromatic rings. The molecule has 17 heavy (non-hydrogen) atoms. The van der Waals surface area contributed by atoms with E-state index < -0.39 is 0 Å². The second-order valence-electron chi connectivity index (χ2n) is 4.49. The van der Waals surface area contributed by atoms with E-state index in [1.165, 1.54) is 0 Å². The number of nitrogens with one attached hydrogen (secondary N) is 2. The third kappa shape index (κ3) is 1.83. The molecule has 90 valence electrons. The maximum atomic E-state index is 11.9. The standard InChI is InChI=1S/C12H14BrN3O/c13-12-7-11(17)15-9-3-1-2-4-10(9)16(12)6-5-14-8-12/h1-4,14H,5-8H2,(H,15,17). The van der Waals surface area contributed by atoms with Gasteiger partial charge in [-0.15, -0.1) is 0 Å². The van der Waals surface area contributed by atoms with Crippen LogP contribution >= 0.6 is 15.9 Å². The van der Waals surface area contributed by atoms with Crippen LogP contribution in [-0.2, 0) is 4.79 Å². The monoisotopic (exact) mass is 295 g/mol. The van der Waals surface area contributed by atoms with Crippen LogP contribution in [0.2, 0.25) is 0 Å². The third-order valence-electron chi connectivity index (χ3n) is 3.29. The van der Waals surface area contributed by atoms with Crippen molar-refractivity contribution in [3.63, 3.8) is 0 Å². The van der Waals surface area contributed by atoms with Crippen molar-refractivity contribution in [2.45, 2.75) is 10.9 Å². The summed E-state index contributed by atoms with van der Waals surface area (Å²) >= 11 is 3.74. The molecule has 0 aliphatic carbocycles. The molecule has 0 aromatic heterocycles. The predicted octanol–water partition coefficient (Wildman–Crippen LogP) is 1.53. The quantitative estimate of drug-likeness (QED) is 0.564. The lowest BCUT2D eigenvalue weighted by Crippen LogP contribution is -2.58. The van der Waals surface area contributed by atoms with Gasteiger partial charge in [-0.25, -0.2) is 0 Å². The molecule has 0 saturated carbocycles. The Morgan fingerprint density at radius 2 is 2.18 bits per heavy atom. The largest absolute Gasteiger partial charge is 0.352 e. The zero-order valence-electron chi connectivity index (χ0n) is 9.37. The highest BCUT2D eigenvalue weighted by Gasteiger charge is 2.41. The van der Waals surface area contributed by atoms with Gasteiger partial charge in [-0.05, 0) is 12.1 Å². The van der Waals surface area contributed by atoms with Crippen LogP contribution in [0.15, 0.2) is 24.3 Å². The first-order chi connectivity index (χ1) is 8.19. The van der Waals surface area contributed by atoms with Crippen LogP contribution in [-0.4, -0.2) is 30.0 Å². The minimum Gasteiger partial charge on any atom is -0.352 e. The van der Waals surface area contributed by atoms with E-state index in [0.717, 1.165) is 31.0 Å². The lowest BCUT2D eigenvalue weighted by Gasteiger charge is -2.43. The molecule has 1 saturated heterocycles. The number of carbonyl (C=O) groups is 1. The zero-order chi connectivity index (χ0) is 11.9. The lowest BCUT2D eigenvalue weighted by molar-refractivity contribution is -0.116. The number of amides is 1. The molecule has 0 radical (unpaired) electrons. The van der Waals surface area contributed by atoms with Crippen LogP contribution in [0.4, 0.5) is 11.4 Å². The SMILES string of the molecule is O=C1CC2(Br)CNCCN2c2ccccc2N1. The Bertz CT molecular complexity index is 465. The van der Waals surface area contributed by atoms with Crippen molar-refractivity contribution in [3.8, 4) is 0 Å². The minimum atomic E-state index is -0.304. The predicted molar refractivity (Wildman–Crippen MR) is 71.6 cm³/mol. The molecular formula is C12H14BrN3O. The molecule has 4 nitrogen and oxygen atoms in total. The van der Waals surface area contributed by atoms with Gasteiger partial charge in [0.1, 0.15) is 4.45 Å². The van der Waals surface area contributed by atoms with Crippen LogP contribution < -0.4 is 15.5 Å². The van der Waals surface area contributed by atoms with Crippen molar-refractivity contribution in [1.82, 2.24) is 5.32 Å². The third-order valence-corrected chi connectivity index (χ3v) is 4.28. The highest BCUT2D eigenvalue weighted by molar-refractivity contribution is 9.10. The second-order valence-corrected chi connectivity index (χ2v) is 5.96. The Kier molecular flexibility index (Phi) is 2.60. The van der Waals surface area contributed by atoms with Crippen molar-refractivity contribution >= 4 is 33.2 Å².